The van der Waals surface area contributed by atoms with E-state index >= 15 is 0 Å². The van der Waals surface area contributed by atoms with E-state index in [4.69, 9.17) is 32.2 Å². The Kier molecular flexibility index (Phi) is 8.40. The number of hydrogen-bond donors (Lipinski definition) is 1. The summed E-state index contributed by atoms with van der Waals surface area (Å²) in [6.07, 6.45) is 0.205. The molecule has 1 heterocycles. The number of carbonyl (C=O) groups is 1. The largest absolute Gasteiger partial charge is 0.497 e. The molecular formula is C22H23ClN6O3S. The summed E-state index contributed by atoms with van der Waals surface area (Å²) < 4.78 is 12.2. The van der Waals surface area contributed by atoms with Crippen molar-refractivity contribution in [1.29, 1.82) is 5.26 Å². The van der Waals surface area contributed by atoms with Crippen molar-refractivity contribution in [3.63, 3.8) is 0 Å². The monoisotopic (exact) mass is 486 g/mol. The number of anilines is 1. The lowest BCUT2D eigenvalue weighted by Crippen LogP contribution is -2.33. The van der Waals surface area contributed by atoms with Crippen LogP contribution in [0.25, 0.3) is 0 Å². The van der Waals surface area contributed by atoms with Crippen molar-refractivity contribution in [2.24, 2.45) is 0 Å². The summed E-state index contributed by atoms with van der Waals surface area (Å²) >= 11 is 7.26. The van der Waals surface area contributed by atoms with Gasteiger partial charge in [0.1, 0.15) is 18.1 Å². The van der Waals surface area contributed by atoms with Crippen LogP contribution in [0.5, 0.6) is 11.5 Å². The van der Waals surface area contributed by atoms with Gasteiger partial charge < -0.3 is 20.2 Å². The Bertz CT molecular complexity index is 1160. The van der Waals surface area contributed by atoms with Crippen molar-refractivity contribution < 1.29 is 14.3 Å². The molecule has 2 aromatic carbocycles. The van der Waals surface area contributed by atoms with Gasteiger partial charge in [0.2, 0.25) is 11.1 Å². The fourth-order valence-corrected chi connectivity index (χ4v) is 3.77. The van der Waals surface area contributed by atoms with Crippen LogP contribution in [0.15, 0.2) is 47.6 Å². The predicted octanol–water partition coefficient (Wildman–Crippen LogP) is 3.58. The number of methoxy groups -OCH3 is 1. The van der Waals surface area contributed by atoms with Gasteiger partial charge in [0.05, 0.1) is 25.4 Å². The molecule has 0 bridgehead atoms. The Morgan fingerprint density at radius 3 is 2.79 bits per heavy atom. The van der Waals surface area contributed by atoms with Crippen LogP contribution < -0.4 is 20.2 Å². The molecular weight excluding hydrogens is 464 g/mol. The molecule has 0 aliphatic carbocycles. The summed E-state index contributed by atoms with van der Waals surface area (Å²) in [4.78, 5) is 14.5. The van der Waals surface area contributed by atoms with Crippen LogP contribution in [-0.4, -0.2) is 40.2 Å². The average molecular weight is 487 g/mol. The molecule has 0 spiro atoms. The molecule has 9 nitrogen and oxygen atoms in total. The van der Waals surface area contributed by atoms with Gasteiger partial charge in [0, 0.05) is 23.3 Å². The number of halogens is 1. The quantitative estimate of drug-likeness (QED) is 0.341. The second kappa shape index (κ2) is 11.4. The molecule has 1 amide bonds. The van der Waals surface area contributed by atoms with E-state index in [2.05, 4.69) is 16.3 Å². The number of nitrogens with two attached hydrogens (primary N) is 1. The molecule has 3 rings (SSSR count). The molecule has 0 saturated carbocycles. The molecule has 0 fully saturated rings. The van der Waals surface area contributed by atoms with Crippen LogP contribution in [0.3, 0.4) is 0 Å². The van der Waals surface area contributed by atoms with Crippen molar-refractivity contribution in [1.82, 2.24) is 14.9 Å². The molecule has 3 aromatic rings. The van der Waals surface area contributed by atoms with E-state index < -0.39 is 0 Å². The third-order valence-electron chi connectivity index (χ3n) is 4.67. The maximum absolute atomic E-state index is 12.9. The van der Waals surface area contributed by atoms with Gasteiger partial charge in [-0.25, -0.2) is 4.68 Å². The van der Waals surface area contributed by atoms with Crippen molar-refractivity contribution >= 4 is 35.0 Å². The molecule has 33 heavy (non-hydrogen) atoms. The molecule has 1 aromatic heterocycles. The average Bonchev–Trinajstić information content (AvgIpc) is 3.18. The molecule has 0 unspecified atom stereocenters. The minimum Gasteiger partial charge on any atom is -0.497 e. The van der Waals surface area contributed by atoms with Crippen LogP contribution in [-0.2, 0) is 11.4 Å². The van der Waals surface area contributed by atoms with Crippen LogP contribution in [0.2, 0.25) is 5.02 Å². The van der Waals surface area contributed by atoms with Crippen LogP contribution in [0.4, 0.5) is 5.69 Å². The maximum Gasteiger partial charge on any atom is 0.237 e. The first-order valence-electron chi connectivity index (χ1n) is 9.95. The number of amides is 1. The van der Waals surface area contributed by atoms with Gasteiger partial charge in [-0.3, -0.25) is 4.79 Å². The number of aromatic nitrogens is 3. The second-order valence-electron chi connectivity index (χ2n) is 6.91. The summed E-state index contributed by atoms with van der Waals surface area (Å²) in [5.41, 5.74) is 1.53. The van der Waals surface area contributed by atoms with Gasteiger partial charge in [-0.2, -0.15) is 5.26 Å². The first-order chi connectivity index (χ1) is 15.9. The smallest absolute Gasteiger partial charge is 0.237 e. The van der Waals surface area contributed by atoms with E-state index in [1.54, 1.807) is 36.3 Å². The van der Waals surface area contributed by atoms with Crippen molar-refractivity contribution in [3.05, 3.63) is 58.9 Å². The highest BCUT2D eigenvalue weighted by atomic mass is 35.5. The van der Waals surface area contributed by atoms with E-state index in [9.17, 15) is 4.79 Å². The van der Waals surface area contributed by atoms with Gasteiger partial charge in [-0.15, -0.1) is 10.2 Å². The summed E-state index contributed by atoms with van der Waals surface area (Å²) in [5, 5.41) is 18.1. The summed E-state index contributed by atoms with van der Waals surface area (Å²) in [7, 11) is 1.58. The van der Waals surface area contributed by atoms with E-state index in [-0.39, 0.29) is 31.2 Å². The first-order valence-corrected chi connectivity index (χ1v) is 11.3. The fraction of sp³-hybridized carbons (Fsp3) is 0.273. The summed E-state index contributed by atoms with van der Waals surface area (Å²) in [6, 6.07) is 14.6. The van der Waals surface area contributed by atoms with Crippen LogP contribution >= 0.6 is 23.4 Å². The molecule has 0 atom stereocenters. The maximum atomic E-state index is 12.9. The number of rotatable bonds is 10. The second-order valence-corrected chi connectivity index (χ2v) is 8.26. The Labute approximate surface area is 201 Å². The number of nitrogens with zero attached hydrogens (tertiary/aromatic N) is 5. The predicted molar refractivity (Wildman–Crippen MR) is 127 cm³/mol. The number of benzene rings is 2. The van der Waals surface area contributed by atoms with Crippen LogP contribution in [0.1, 0.15) is 17.8 Å². The van der Waals surface area contributed by atoms with Gasteiger partial charge in [-0.1, -0.05) is 29.4 Å². The molecule has 0 aliphatic heterocycles. The lowest BCUT2D eigenvalue weighted by Gasteiger charge is -2.22. The number of nitriles is 1. The number of carbonyl (C=O) groups excluding carboxylic acids is 1. The lowest BCUT2D eigenvalue weighted by molar-refractivity contribution is -0.116. The normalized spacial score (nSPS) is 10.5. The summed E-state index contributed by atoms with van der Waals surface area (Å²) in [5.74, 6) is 7.66. The van der Waals surface area contributed by atoms with Gasteiger partial charge in [-0.05, 0) is 42.8 Å². The Balaban J connectivity index is 1.64. The number of ether oxygens (including phenoxy) is 2. The molecule has 0 saturated heterocycles. The highest BCUT2D eigenvalue weighted by molar-refractivity contribution is 7.99. The van der Waals surface area contributed by atoms with Gasteiger partial charge in [0.25, 0.3) is 0 Å². The van der Waals surface area contributed by atoms with E-state index in [0.717, 1.165) is 17.3 Å². The number of hydrogen-bond acceptors (Lipinski definition) is 8. The Morgan fingerprint density at radius 2 is 2.06 bits per heavy atom. The molecule has 11 heteroatoms. The lowest BCUT2D eigenvalue weighted by atomic mass is 10.2. The third-order valence-corrected chi connectivity index (χ3v) is 6.02. The zero-order valence-electron chi connectivity index (χ0n) is 18.2. The fourth-order valence-electron chi connectivity index (χ4n) is 2.90. The van der Waals surface area contributed by atoms with E-state index in [0.29, 0.717) is 33.2 Å². The van der Waals surface area contributed by atoms with Gasteiger partial charge >= 0.3 is 0 Å². The highest BCUT2D eigenvalue weighted by Crippen LogP contribution is 2.25. The standard InChI is InChI=1S/C22H23ClN6O3S/c1-15-11-16(7-8-19(15)23)28(10-4-9-24)21(30)14-33-22-27-26-20(29(22)25)13-32-18-6-3-5-17(12-18)31-2/h3,5-8,11-12H,4,10,13-14,25H2,1-2H3. The molecule has 0 radical (unpaired) electrons. The van der Waals surface area contributed by atoms with Crippen molar-refractivity contribution in [3.8, 4) is 17.6 Å². The Morgan fingerprint density at radius 1 is 1.27 bits per heavy atom. The topological polar surface area (TPSA) is 119 Å². The van der Waals surface area contributed by atoms with Crippen molar-refractivity contribution in [2.75, 3.05) is 30.1 Å². The summed E-state index contributed by atoms with van der Waals surface area (Å²) in [6.45, 7) is 2.23. The first kappa shape index (κ1) is 24.2. The Hall–Kier alpha value is -3.42. The molecule has 0 aliphatic rings. The zero-order chi connectivity index (χ0) is 23.8. The molecule has 2 N–H and O–H groups in total. The number of aryl methyl sites for hydroxylation is 1. The molecule has 172 valence electrons. The van der Waals surface area contributed by atoms with Crippen molar-refractivity contribution in [2.45, 2.75) is 25.1 Å². The number of nitrogen functional groups attached to an aromatic ring is 1. The number of thioether (sulfide) groups is 1. The highest BCUT2D eigenvalue weighted by Gasteiger charge is 2.19. The van der Waals surface area contributed by atoms with Crippen LogP contribution in [0, 0.1) is 18.3 Å². The zero-order valence-corrected chi connectivity index (χ0v) is 19.8. The van der Waals surface area contributed by atoms with E-state index in [1.807, 2.05) is 25.1 Å². The minimum absolute atomic E-state index is 0.0686. The minimum atomic E-state index is -0.186. The van der Waals surface area contributed by atoms with Gasteiger partial charge in [0.15, 0.2) is 5.82 Å². The third kappa shape index (κ3) is 6.31. The SMILES string of the molecule is COc1cccc(OCc2nnc(SCC(=O)N(CCC#N)c3ccc(Cl)c(C)c3)n2N)c1. The van der Waals surface area contributed by atoms with E-state index in [1.165, 1.54) is 4.68 Å².